The minimum absolute atomic E-state index is 0. The molecule has 2 aromatic heterocycles. The van der Waals surface area contributed by atoms with Gasteiger partial charge in [-0.3, -0.25) is 19.2 Å². The second kappa shape index (κ2) is 12.2. The van der Waals surface area contributed by atoms with E-state index in [9.17, 15) is 19.2 Å². The molecule has 2 aliphatic rings. The summed E-state index contributed by atoms with van der Waals surface area (Å²) in [6.07, 6.45) is 2.33. The Bertz CT molecular complexity index is 2210. The molecular weight excluding hydrogens is 610 g/mol. The Labute approximate surface area is 276 Å². The molecule has 7 nitrogen and oxygen atoms in total. The molecule has 0 spiro atoms. The molecule has 2 aliphatic carbocycles. The number of hydrogen-bond acceptors (Lipinski definition) is 5. The van der Waals surface area contributed by atoms with Crippen molar-refractivity contribution < 1.29 is 9.59 Å². The number of halogens is 1. The van der Waals surface area contributed by atoms with Crippen LogP contribution >= 0.6 is 12.4 Å². The molecule has 6 aromatic rings. The number of carbonyl (C=O) groups excluding carboxylic acids is 2. The maximum Gasteiger partial charge on any atom is 0.258 e. The summed E-state index contributed by atoms with van der Waals surface area (Å²) in [7, 11) is 0. The first-order valence-corrected chi connectivity index (χ1v) is 15.9. The van der Waals surface area contributed by atoms with Crippen molar-refractivity contribution >= 4 is 45.5 Å². The summed E-state index contributed by atoms with van der Waals surface area (Å²) in [6.45, 7) is 2.47. The number of aromatic nitrogens is 2. The Morgan fingerprint density at radius 3 is 1.32 bits per heavy atom. The van der Waals surface area contributed by atoms with E-state index in [-0.39, 0.29) is 35.1 Å². The Hall–Kier alpha value is -5.11. The quantitative estimate of drug-likeness (QED) is 0.179. The number of benzene rings is 4. The number of ketones is 2. The van der Waals surface area contributed by atoms with Crippen LogP contribution in [0.4, 0.5) is 0 Å². The first-order valence-electron chi connectivity index (χ1n) is 15.9. The van der Waals surface area contributed by atoms with E-state index >= 15 is 0 Å². The first-order chi connectivity index (χ1) is 22.6. The molecule has 0 saturated carbocycles. The van der Waals surface area contributed by atoms with Crippen molar-refractivity contribution in [2.45, 2.75) is 32.4 Å². The van der Waals surface area contributed by atoms with Gasteiger partial charge in [-0.1, -0.05) is 84.9 Å². The zero-order valence-electron chi connectivity index (χ0n) is 25.6. The van der Waals surface area contributed by atoms with Crippen LogP contribution in [-0.4, -0.2) is 33.8 Å². The lowest BCUT2D eigenvalue weighted by atomic mass is 10.0. The fourth-order valence-electron chi connectivity index (χ4n) is 7.29. The second-order valence-electron chi connectivity index (χ2n) is 12.0. The molecule has 0 bridgehead atoms. The first kappa shape index (κ1) is 30.5. The van der Waals surface area contributed by atoms with E-state index < -0.39 is 0 Å². The number of unbranched alkanes of at least 4 members (excludes halogenated alkanes) is 1. The van der Waals surface area contributed by atoms with E-state index in [1.807, 2.05) is 84.9 Å². The summed E-state index contributed by atoms with van der Waals surface area (Å²) in [4.78, 5) is 54.0. The van der Waals surface area contributed by atoms with Gasteiger partial charge in [0.1, 0.15) is 0 Å². The van der Waals surface area contributed by atoms with Crippen LogP contribution in [0.15, 0.2) is 107 Å². The molecule has 0 unspecified atom stereocenters. The zero-order valence-corrected chi connectivity index (χ0v) is 26.4. The number of carbonyl (C=O) groups is 2. The second-order valence-corrected chi connectivity index (χ2v) is 12.0. The fraction of sp³-hybridized carbons (Fsp3) is 0.179. The highest BCUT2D eigenvalue weighted by Crippen LogP contribution is 2.40. The van der Waals surface area contributed by atoms with Crippen molar-refractivity contribution in [3.05, 3.63) is 140 Å². The van der Waals surface area contributed by atoms with E-state index in [2.05, 4.69) is 5.32 Å². The third-order valence-electron chi connectivity index (χ3n) is 9.39. The van der Waals surface area contributed by atoms with E-state index in [0.717, 1.165) is 48.3 Å². The molecule has 8 heteroatoms. The Kier molecular flexibility index (Phi) is 7.96. The number of nitrogens with one attached hydrogen (secondary N) is 1. The molecule has 0 radical (unpaired) electrons. The Morgan fingerprint density at radius 1 is 0.447 bits per heavy atom. The molecule has 2 heterocycles. The van der Waals surface area contributed by atoms with E-state index in [0.29, 0.717) is 63.4 Å². The number of hydrogen-bond donors (Lipinski definition) is 1. The van der Waals surface area contributed by atoms with Crippen molar-refractivity contribution in [3.63, 3.8) is 0 Å². The molecule has 0 fully saturated rings. The average molecular weight is 642 g/mol. The van der Waals surface area contributed by atoms with Gasteiger partial charge in [0.25, 0.3) is 11.1 Å². The average Bonchev–Trinajstić information content (AvgIpc) is 3.56. The lowest BCUT2D eigenvalue weighted by Gasteiger charge is -2.16. The van der Waals surface area contributed by atoms with E-state index in [1.165, 1.54) is 0 Å². The summed E-state index contributed by atoms with van der Waals surface area (Å²) < 4.78 is 3.56. The summed E-state index contributed by atoms with van der Waals surface area (Å²) in [5.41, 5.74) is 5.47. The SMILES string of the molecule is Cl.O=C1c2ccccc2-c2c1c1ccccc1c(=O)n2CCCCNCCCn1c2c(c3ccccc3c1=O)C(=O)c1ccccc1-2. The molecule has 0 atom stereocenters. The van der Waals surface area contributed by atoms with Crippen molar-refractivity contribution in [1.29, 1.82) is 0 Å². The van der Waals surface area contributed by atoms with Gasteiger partial charge in [-0.2, -0.15) is 0 Å². The maximum atomic E-state index is 13.6. The van der Waals surface area contributed by atoms with Crippen LogP contribution in [0.25, 0.3) is 44.1 Å². The number of nitrogens with zero attached hydrogens (tertiary/aromatic N) is 2. The Balaban J connectivity index is 0.00000351. The minimum atomic E-state index is -0.0766. The number of pyridine rings is 2. The van der Waals surface area contributed by atoms with Gasteiger partial charge < -0.3 is 14.5 Å². The molecule has 4 aromatic carbocycles. The van der Waals surface area contributed by atoms with Crippen molar-refractivity contribution in [1.82, 2.24) is 14.5 Å². The summed E-state index contributed by atoms with van der Waals surface area (Å²) in [5.74, 6) is -0.0565. The lowest BCUT2D eigenvalue weighted by molar-refractivity contribution is 0.103. The smallest absolute Gasteiger partial charge is 0.258 e. The van der Waals surface area contributed by atoms with E-state index in [1.54, 1.807) is 21.3 Å². The monoisotopic (exact) mass is 641 g/mol. The van der Waals surface area contributed by atoms with Crippen LogP contribution in [0.2, 0.25) is 0 Å². The molecule has 0 aliphatic heterocycles. The van der Waals surface area contributed by atoms with Crippen LogP contribution in [0.1, 0.15) is 51.1 Å². The van der Waals surface area contributed by atoms with E-state index in [4.69, 9.17) is 0 Å². The largest absolute Gasteiger partial charge is 0.317 e. The van der Waals surface area contributed by atoms with Gasteiger partial charge in [0.2, 0.25) is 0 Å². The molecule has 1 N–H and O–H groups in total. The molecular formula is C39H32ClN3O4. The topological polar surface area (TPSA) is 90.2 Å². The van der Waals surface area contributed by atoms with Crippen molar-refractivity contribution in [2.75, 3.05) is 13.1 Å². The zero-order chi connectivity index (χ0) is 31.4. The van der Waals surface area contributed by atoms with Crippen molar-refractivity contribution in [2.24, 2.45) is 0 Å². The van der Waals surface area contributed by atoms with Gasteiger partial charge in [0, 0.05) is 56.9 Å². The summed E-state index contributed by atoms with van der Waals surface area (Å²) in [5, 5.41) is 6.05. The molecule has 234 valence electrons. The van der Waals surface area contributed by atoms with Crippen molar-refractivity contribution in [3.8, 4) is 22.5 Å². The predicted molar refractivity (Wildman–Crippen MR) is 188 cm³/mol. The molecule has 47 heavy (non-hydrogen) atoms. The van der Waals surface area contributed by atoms with Crippen LogP contribution in [-0.2, 0) is 13.1 Å². The summed E-state index contributed by atoms with van der Waals surface area (Å²) in [6, 6.07) is 29.8. The minimum Gasteiger partial charge on any atom is -0.317 e. The standard InChI is InChI=1S/C39H31N3O4.ClH/c43-36-28-16-5-3-14-26(28)34-32(36)24-12-1-7-18-30(24)38(45)41(34)22-10-9-20-40-21-11-23-42-35-27-15-4-6-17-29(27)37(44)33(35)25-13-2-8-19-31(25)39(42)46;/h1-8,12-19,40H,9-11,20-23H2;1H. The summed E-state index contributed by atoms with van der Waals surface area (Å²) >= 11 is 0. The van der Waals surface area contributed by atoms with Gasteiger partial charge in [-0.05, 0) is 44.5 Å². The molecule has 8 rings (SSSR count). The van der Waals surface area contributed by atoms with Gasteiger partial charge >= 0.3 is 0 Å². The van der Waals surface area contributed by atoms with Gasteiger partial charge in [0.05, 0.1) is 22.5 Å². The van der Waals surface area contributed by atoms with Crippen LogP contribution in [0.5, 0.6) is 0 Å². The maximum absolute atomic E-state index is 13.6. The highest BCUT2D eigenvalue weighted by molar-refractivity contribution is 6.27. The van der Waals surface area contributed by atoms with Gasteiger partial charge in [-0.25, -0.2) is 0 Å². The number of rotatable bonds is 9. The van der Waals surface area contributed by atoms with Crippen LogP contribution in [0.3, 0.4) is 0 Å². The highest BCUT2D eigenvalue weighted by Gasteiger charge is 2.33. The van der Waals surface area contributed by atoms with Crippen LogP contribution in [0, 0.1) is 0 Å². The molecule has 0 saturated heterocycles. The molecule has 0 amide bonds. The van der Waals surface area contributed by atoms with Crippen LogP contribution < -0.4 is 16.4 Å². The normalized spacial score (nSPS) is 12.6. The third-order valence-corrected chi connectivity index (χ3v) is 9.39. The fourth-order valence-corrected chi connectivity index (χ4v) is 7.29. The predicted octanol–water partition coefficient (Wildman–Crippen LogP) is 6.62. The van der Waals surface area contributed by atoms with Gasteiger partial charge in [-0.15, -0.1) is 12.4 Å². The Morgan fingerprint density at radius 2 is 0.830 bits per heavy atom. The lowest BCUT2D eigenvalue weighted by Crippen LogP contribution is -2.26. The van der Waals surface area contributed by atoms with Gasteiger partial charge in [0.15, 0.2) is 11.6 Å². The highest BCUT2D eigenvalue weighted by atomic mass is 35.5. The third kappa shape index (κ3) is 4.77. The number of fused-ring (bicyclic) bond motifs is 10.